The summed E-state index contributed by atoms with van der Waals surface area (Å²) < 4.78 is 33.7. The molecular weight excluding hydrogens is 354 g/mol. The van der Waals surface area contributed by atoms with Crippen molar-refractivity contribution in [3.63, 3.8) is 0 Å². The van der Waals surface area contributed by atoms with E-state index >= 15 is 0 Å². The fraction of sp³-hybridized carbons (Fsp3) is 0.200. The minimum atomic E-state index is -0.982. The van der Waals surface area contributed by atoms with Gasteiger partial charge in [0.2, 0.25) is 5.82 Å². The van der Waals surface area contributed by atoms with Crippen LogP contribution in [0.4, 0.5) is 8.78 Å². The summed E-state index contributed by atoms with van der Waals surface area (Å²) in [5, 5.41) is 0. The normalized spacial score (nSPS) is 10.7. The lowest BCUT2D eigenvalue weighted by atomic mass is 9.96. The van der Waals surface area contributed by atoms with Crippen molar-refractivity contribution >= 4 is 5.57 Å². The van der Waals surface area contributed by atoms with Gasteiger partial charge in [-0.15, -0.1) is 0 Å². The van der Waals surface area contributed by atoms with E-state index in [9.17, 15) is 8.78 Å². The number of rotatable bonds is 7. The zero-order valence-electron chi connectivity index (χ0n) is 16.3. The van der Waals surface area contributed by atoms with Crippen LogP contribution < -0.4 is 4.74 Å². The van der Waals surface area contributed by atoms with Crippen LogP contribution in [0.25, 0.3) is 16.7 Å². The molecule has 3 rings (SSSR count). The number of aryl methyl sites for hydroxylation is 1. The highest BCUT2D eigenvalue weighted by atomic mass is 19.2. The van der Waals surface area contributed by atoms with Gasteiger partial charge in [-0.3, -0.25) is 0 Å². The minimum Gasteiger partial charge on any atom is -0.491 e. The van der Waals surface area contributed by atoms with Crippen LogP contribution in [0.1, 0.15) is 37.0 Å². The molecule has 3 aromatic carbocycles. The minimum absolute atomic E-state index is 0.0848. The highest BCUT2D eigenvalue weighted by molar-refractivity contribution is 5.80. The predicted octanol–water partition coefficient (Wildman–Crippen LogP) is 7.04. The molecule has 144 valence electrons. The molecule has 0 bridgehead atoms. The SMILES string of the molecule is C=C(c1ccc(-c2ccc(CCC)cc2)cc1)c1ccc(OCC)c(F)c1F. The average molecular weight is 378 g/mol. The Labute approximate surface area is 165 Å². The third-order valence-electron chi connectivity index (χ3n) is 4.73. The van der Waals surface area contributed by atoms with Gasteiger partial charge in [0.1, 0.15) is 0 Å². The van der Waals surface area contributed by atoms with E-state index in [0.29, 0.717) is 5.57 Å². The number of hydrogen-bond acceptors (Lipinski definition) is 1. The molecule has 0 saturated heterocycles. The second-order valence-electron chi connectivity index (χ2n) is 6.68. The van der Waals surface area contributed by atoms with E-state index in [1.54, 1.807) is 6.92 Å². The van der Waals surface area contributed by atoms with Gasteiger partial charge in [-0.2, -0.15) is 4.39 Å². The molecule has 0 N–H and O–H groups in total. The number of halogens is 2. The van der Waals surface area contributed by atoms with Gasteiger partial charge in [-0.05, 0) is 53.3 Å². The summed E-state index contributed by atoms with van der Waals surface area (Å²) in [6.45, 7) is 8.13. The molecule has 3 aromatic rings. The molecule has 0 saturated carbocycles. The van der Waals surface area contributed by atoms with Crippen LogP contribution in [0.3, 0.4) is 0 Å². The topological polar surface area (TPSA) is 9.23 Å². The summed E-state index contributed by atoms with van der Waals surface area (Å²) in [5.41, 5.74) is 4.83. The molecule has 0 unspecified atom stereocenters. The van der Waals surface area contributed by atoms with E-state index in [1.807, 2.05) is 24.3 Å². The van der Waals surface area contributed by atoms with E-state index in [2.05, 4.69) is 37.8 Å². The van der Waals surface area contributed by atoms with Crippen LogP contribution in [0, 0.1) is 11.6 Å². The molecule has 0 amide bonds. The Balaban J connectivity index is 1.83. The molecule has 0 atom stereocenters. The molecule has 1 nitrogen and oxygen atoms in total. The Morgan fingerprint density at radius 3 is 2.00 bits per heavy atom. The molecule has 0 heterocycles. The Bertz CT molecular complexity index is 957. The van der Waals surface area contributed by atoms with E-state index in [4.69, 9.17) is 4.74 Å². The number of hydrogen-bond donors (Lipinski definition) is 0. The van der Waals surface area contributed by atoms with Gasteiger partial charge >= 0.3 is 0 Å². The highest BCUT2D eigenvalue weighted by Crippen LogP contribution is 2.31. The first kappa shape index (κ1) is 19.8. The largest absolute Gasteiger partial charge is 0.491 e. The fourth-order valence-corrected chi connectivity index (χ4v) is 3.20. The van der Waals surface area contributed by atoms with Gasteiger partial charge in [0.25, 0.3) is 0 Å². The van der Waals surface area contributed by atoms with Crippen LogP contribution in [-0.4, -0.2) is 6.61 Å². The van der Waals surface area contributed by atoms with Crippen molar-refractivity contribution in [3.05, 3.63) is 95.6 Å². The third-order valence-corrected chi connectivity index (χ3v) is 4.73. The van der Waals surface area contributed by atoms with Crippen LogP contribution in [0.5, 0.6) is 5.75 Å². The van der Waals surface area contributed by atoms with Gasteiger partial charge in [0.15, 0.2) is 11.6 Å². The summed E-state index contributed by atoms with van der Waals surface area (Å²) in [6.07, 6.45) is 2.20. The Morgan fingerprint density at radius 1 is 0.821 bits per heavy atom. The standard InChI is InChI=1S/C25H24F2O/c1-4-6-18-7-9-20(10-8-18)21-13-11-19(12-14-21)17(3)22-15-16-23(28-5-2)25(27)24(22)26/h7-16H,3-6H2,1-2H3. The van der Waals surface area contributed by atoms with Crippen molar-refractivity contribution in [2.45, 2.75) is 26.7 Å². The molecule has 3 heteroatoms. The van der Waals surface area contributed by atoms with Crippen molar-refractivity contribution < 1.29 is 13.5 Å². The number of benzene rings is 3. The lowest BCUT2D eigenvalue weighted by Crippen LogP contribution is -2.00. The average Bonchev–Trinajstić information content (AvgIpc) is 2.72. The quantitative estimate of drug-likeness (QED) is 0.428. The molecule has 0 aliphatic carbocycles. The van der Waals surface area contributed by atoms with Crippen LogP contribution in [0.2, 0.25) is 0 Å². The summed E-state index contributed by atoms with van der Waals surface area (Å²) in [7, 11) is 0. The zero-order valence-corrected chi connectivity index (χ0v) is 16.3. The molecule has 0 radical (unpaired) electrons. The maximum atomic E-state index is 14.5. The van der Waals surface area contributed by atoms with E-state index in [0.717, 1.165) is 29.5 Å². The second kappa shape index (κ2) is 8.83. The predicted molar refractivity (Wildman–Crippen MR) is 112 cm³/mol. The maximum absolute atomic E-state index is 14.5. The van der Waals surface area contributed by atoms with Gasteiger partial charge in [0, 0.05) is 5.56 Å². The molecule has 0 aromatic heterocycles. The van der Waals surface area contributed by atoms with Crippen molar-refractivity contribution in [2.75, 3.05) is 6.61 Å². The molecular formula is C25H24F2O. The molecule has 28 heavy (non-hydrogen) atoms. The molecule has 0 spiro atoms. The van der Waals surface area contributed by atoms with Crippen LogP contribution >= 0.6 is 0 Å². The third kappa shape index (κ3) is 4.14. The lowest BCUT2D eigenvalue weighted by Gasteiger charge is -2.12. The molecule has 0 aliphatic heterocycles. The van der Waals surface area contributed by atoms with Crippen LogP contribution in [0.15, 0.2) is 67.2 Å². The molecule has 0 fully saturated rings. The van der Waals surface area contributed by atoms with E-state index in [1.165, 1.54) is 17.7 Å². The first-order valence-corrected chi connectivity index (χ1v) is 9.55. The summed E-state index contributed by atoms with van der Waals surface area (Å²) in [6, 6.07) is 19.1. The highest BCUT2D eigenvalue weighted by Gasteiger charge is 2.17. The second-order valence-corrected chi connectivity index (χ2v) is 6.68. The number of ether oxygens (including phenoxy) is 1. The molecule has 0 aliphatic rings. The van der Waals surface area contributed by atoms with Gasteiger partial charge in [-0.25, -0.2) is 4.39 Å². The Kier molecular flexibility index (Phi) is 6.25. The van der Waals surface area contributed by atoms with Gasteiger partial charge in [0.05, 0.1) is 6.61 Å². The fourth-order valence-electron chi connectivity index (χ4n) is 3.20. The smallest absolute Gasteiger partial charge is 0.201 e. The summed E-state index contributed by atoms with van der Waals surface area (Å²) in [5.74, 6) is -2.01. The van der Waals surface area contributed by atoms with E-state index < -0.39 is 11.6 Å². The summed E-state index contributed by atoms with van der Waals surface area (Å²) >= 11 is 0. The lowest BCUT2D eigenvalue weighted by molar-refractivity contribution is 0.314. The zero-order chi connectivity index (χ0) is 20.1. The van der Waals surface area contributed by atoms with E-state index in [-0.39, 0.29) is 17.9 Å². The summed E-state index contributed by atoms with van der Waals surface area (Å²) in [4.78, 5) is 0. The van der Waals surface area contributed by atoms with Crippen LogP contribution in [-0.2, 0) is 6.42 Å². The Hall–Kier alpha value is -2.94. The van der Waals surface area contributed by atoms with Crippen molar-refractivity contribution in [1.82, 2.24) is 0 Å². The van der Waals surface area contributed by atoms with Crippen molar-refractivity contribution in [1.29, 1.82) is 0 Å². The van der Waals surface area contributed by atoms with Gasteiger partial charge in [-0.1, -0.05) is 68.5 Å². The van der Waals surface area contributed by atoms with Gasteiger partial charge < -0.3 is 4.74 Å². The maximum Gasteiger partial charge on any atom is 0.201 e. The Morgan fingerprint density at radius 2 is 1.43 bits per heavy atom. The first-order valence-electron chi connectivity index (χ1n) is 9.55. The first-order chi connectivity index (χ1) is 13.5. The van der Waals surface area contributed by atoms with Crippen molar-refractivity contribution in [3.8, 4) is 16.9 Å². The monoisotopic (exact) mass is 378 g/mol. The van der Waals surface area contributed by atoms with Crippen molar-refractivity contribution in [2.24, 2.45) is 0 Å².